The molecule has 1 amide bonds. The van der Waals surface area contributed by atoms with Gasteiger partial charge in [0.25, 0.3) is 5.91 Å². The molecule has 1 N–H and O–H groups in total. The van der Waals surface area contributed by atoms with Gasteiger partial charge in [-0.2, -0.15) is 0 Å². The molecule has 4 aromatic rings. The number of nitrogens with one attached hydrogen (secondary N) is 1. The summed E-state index contributed by atoms with van der Waals surface area (Å²) in [5, 5.41) is 2.24. The molecule has 0 aliphatic heterocycles. The minimum absolute atomic E-state index is 0.0652. The maximum Gasteiger partial charge on any atom is 0.252 e. The predicted octanol–water partition coefficient (Wildman–Crippen LogP) is 4.20. The Labute approximate surface area is 187 Å². The van der Waals surface area contributed by atoms with Gasteiger partial charge < -0.3 is 9.88 Å². The number of benzene rings is 3. The van der Waals surface area contributed by atoms with Gasteiger partial charge in [-0.1, -0.05) is 48.5 Å². The van der Waals surface area contributed by atoms with Crippen molar-refractivity contribution in [3.63, 3.8) is 0 Å². The van der Waals surface area contributed by atoms with Crippen LogP contribution in [0, 0.1) is 0 Å². The van der Waals surface area contributed by atoms with E-state index < -0.39 is 21.0 Å². The van der Waals surface area contributed by atoms with Crippen LogP contribution >= 0.6 is 0 Å². The van der Waals surface area contributed by atoms with Gasteiger partial charge in [-0.05, 0) is 49.2 Å². The molecule has 0 unspecified atom stereocenters. The molecule has 3 aromatic carbocycles. The molecule has 0 radical (unpaired) electrons. The van der Waals surface area contributed by atoms with E-state index in [2.05, 4.69) is 14.9 Å². The van der Waals surface area contributed by atoms with Gasteiger partial charge in [-0.25, -0.2) is 13.4 Å². The first kappa shape index (κ1) is 21.8. The van der Waals surface area contributed by atoms with E-state index in [4.69, 9.17) is 0 Å². The zero-order chi connectivity index (χ0) is 22.7. The Morgan fingerprint density at radius 3 is 2.34 bits per heavy atom. The lowest BCUT2D eigenvalue weighted by molar-refractivity contribution is 0.0947. The van der Waals surface area contributed by atoms with Crippen molar-refractivity contribution in [1.82, 2.24) is 14.9 Å². The standard InChI is InChI=1S/C25H25N3O3S/c1-18(2)32(30,31)24-10-6-3-7-21(24)25(29)26-15-19-11-13-20(14-12-19)16-28-17-27-22-8-4-5-9-23(22)28/h3-14,17-18H,15-16H2,1-2H3,(H,26,29). The van der Waals surface area contributed by atoms with E-state index in [-0.39, 0.29) is 10.5 Å². The van der Waals surface area contributed by atoms with E-state index in [1.165, 1.54) is 6.07 Å². The molecule has 4 rings (SSSR count). The van der Waals surface area contributed by atoms with E-state index in [1.807, 2.05) is 54.9 Å². The quantitative estimate of drug-likeness (QED) is 0.460. The van der Waals surface area contributed by atoms with Crippen LogP contribution in [0.25, 0.3) is 11.0 Å². The van der Waals surface area contributed by atoms with Crippen LogP contribution in [-0.4, -0.2) is 29.1 Å². The number of nitrogens with zero attached hydrogens (tertiary/aromatic N) is 2. The van der Waals surface area contributed by atoms with Crippen molar-refractivity contribution in [3.8, 4) is 0 Å². The van der Waals surface area contributed by atoms with Crippen LogP contribution in [-0.2, 0) is 22.9 Å². The topological polar surface area (TPSA) is 81.1 Å². The Morgan fingerprint density at radius 1 is 0.938 bits per heavy atom. The molecule has 0 spiro atoms. The minimum atomic E-state index is -3.55. The summed E-state index contributed by atoms with van der Waals surface area (Å²) in [5.41, 5.74) is 4.27. The van der Waals surface area contributed by atoms with Crippen molar-refractivity contribution in [3.05, 3.63) is 95.8 Å². The largest absolute Gasteiger partial charge is 0.348 e. The van der Waals surface area contributed by atoms with E-state index in [9.17, 15) is 13.2 Å². The molecule has 0 atom stereocenters. The summed E-state index contributed by atoms with van der Waals surface area (Å²) in [6.45, 7) is 4.23. The van der Waals surface area contributed by atoms with Gasteiger partial charge in [-0.15, -0.1) is 0 Å². The Hall–Kier alpha value is -3.45. The molecule has 32 heavy (non-hydrogen) atoms. The molecule has 0 aliphatic carbocycles. The summed E-state index contributed by atoms with van der Waals surface area (Å²) in [7, 11) is -3.55. The van der Waals surface area contributed by atoms with Crippen LogP contribution in [0.1, 0.15) is 35.3 Å². The normalized spacial score (nSPS) is 11.7. The SMILES string of the molecule is CC(C)S(=O)(=O)c1ccccc1C(=O)NCc1ccc(Cn2cnc3ccccc32)cc1. The highest BCUT2D eigenvalue weighted by atomic mass is 32.2. The second-order valence-corrected chi connectivity index (χ2v) is 10.4. The molecular weight excluding hydrogens is 422 g/mol. The maximum absolute atomic E-state index is 12.7. The fraction of sp³-hybridized carbons (Fsp3) is 0.200. The second-order valence-electron chi connectivity index (χ2n) is 7.95. The third-order valence-corrected chi connectivity index (χ3v) is 7.63. The molecule has 0 bridgehead atoms. The number of hydrogen-bond donors (Lipinski definition) is 1. The molecule has 6 nitrogen and oxygen atoms in total. The van der Waals surface area contributed by atoms with Crippen molar-refractivity contribution < 1.29 is 13.2 Å². The lowest BCUT2D eigenvalue weighted by Gasteiger charge is -2.13. The number of aromatic nitrogens is 2. The Bertz CT molecular complexity index is 1360. The number of sulfone groups is 1. The summed E-state index contributed by atoms with van der Waals surface area (Å²) < 4.78 is 27.3. The number of imidazole rings is 1. The molecule has 7 heteroatoms. The molecule has 0 saturated heterocycles. The summed E-state index contributed by atoms with van der Waals surface area (Å²) in [4.78, 5) is 17.2. The van der Waals surface area contributed by atoms with Crippen molar-refractivity contribution in [2.24, 2.45) is 0 Å². The Morgan fingerprint density at radius 2 is 1.59 bits per heavy atom. The van der Waals surface area contributed by atoms with Gasteiger partial charge in [-0.3, -0.25) is 4.79 Å². The van der Waals surface area contributed by atoms with Crippen LogP contribution in [0.2, 0.25) is 0 Å². The summed E-state index contributed by atoms with van der Waals surface area (Å²) >= 11 is 0. The lowest BCUT2D eigenvalue weighted by atomic mass is 10.1. The van der Waals surface area contributed by atoms with Crippen LogP contribution < -0.4 is 5.32 Å². The number of carbonyl (C=O) groups excluding carboxylic acids is 1. The third-order valence-electron chi connectivity index (χ3n) is 5.42. The number of amides is 1. The summed E-state index contributed by atoms with van der Waals surface area (Å²) in [5.74, 6) is -0.404. The average Bonchev–Trinajstić information content (AvgIpc) is 3.21. The Balaban J connectivity index is 1.44. The molecule has 1 aromatic heterocycles. The van der Waals surface area contributed by atoms with Crippen LogP contribution in [0.15, 0.2) is 84.0 Å². The molecule has 0 saturated carbocycles. The van der Waals surface area contributed by atoms with Gasteiger partial charge >= 0.3 is 0 Å². The predicted molar refractivity (Wildman–Crippen MR) is 125 cm³/mol. The molecule has 0 fully saturated rings. The highest BCUT2D eigenvalue weighted by Gasteiger charge is 2.25. The zero-order valence-corrected chi connectivity index (χ0v) is 18.8. The molecule has 1 heterocycles. The smallest absolute Gasteiger partial charge is 0.252 e. The van der Waals surface area contributed by atoms with Gasteiger partial charge in [0.05, 0.1) is 33.1 Å². The minimum Gasteiger partial charge on any atom is -0.348 e. The monoisotopic (exact) mass is 447 g/mol. The summed E-state index contributed by atoms with van der Waals surface area (Å²) in [6.07, 6.45) is 1.83. The lowest BCUT2D eigenvalue weighted by Crippen LogP contribution is -2.26. The van der Waals surface area contributed by atoms with E-state index in [1.54, 1.807) is 32.0 Å². The highest BCUT2D eigenvalue weighted by molar-refractivity contribution is 7.92. The Kier molecular flexibility index (Phi) is 6.10. The van der Waals surface area contributed by atoms with Crippen molar-refractivity contribution in [2.75, 3.05) is 0 Å². The first-order valence-corrected chi connectivity index (χ1v) is 12.0. The molecule has 0 aliphatic rings. The number of fused-ring (bicyclic) bond motifs is 1. The van der Waals surface area contributed by atoms with Crippen molar-refractivity contribution >= 4 is 26.8 Å². The number of hydrogen-bond acceptors (Lipinski definition) is 4. The fourth-order valence-electron chi connectivity index (χ4n) is 3.53. The first-order chi connectivity index (χ1) is 15.4. The van der Waals surface area contributed by atoms with Crippen LogP contribution in [0.4, 0.5) is 0 Å². The average molecular weight is 448 g/mol. The fourth-order valence-corrected chi connectivity index (χ4v) is 4.77. The number of carbonyl (C=O) groups is 1. The van der Waals surface area contributed by atoms with Crippen molar-refractivity contribution in [2.45, 2.75) is 37.1 Å². The first-order valence-electron chi connectivity index (χ1n) is 10.4. The third kappa shape index (κ3) is 4.43. The molecular formula is C25H25N3O3S. The van der Waals surface area contributed by atoms with Crippen molar-refractivity contribution in [1.29, 1.82) is 0 Å². The molecule has 164 valence electrons. The van der Waals surface area contributed by atoms with Gasteiger partial charge in [0.2, 0.25) is 0 Å². The number of para-hydroxylation sites is 2. The van der Waals surface area contributed by atoms with Gasteiger partial charge in [0.1, 0.15) is 0 Å². The summed E-state index contributed by atoms with van der Waals surface area (Å²) in [6, 6.07) is 22.3. The number of rotatable bonds is 7. The zero-order valence-electron chi connectivity index (χ0n) is 18.0. The maximum atomic E-state index is 12.7. The van der Waals surface area contributed by atoms with E-state index in [0.717, 1.165) is 22.2 Å². The highest BCUT2D eigenvalue weighted by Crippen LogP contribution is 2.21. The van der Waals surface area contributed by atoms with E-state index in [0.29, 0.717) is 13.1 Å². The van der Waals surface area contributed by atoms with Gasteiger partial charge in [0, 0.05) is 13.1 Å². The van der Waals surface area contributed by atoms with Crippen LogP contribution in [0.5, 0.6) is 0 Å². The second kappa shape index (κ2) is 8.96. The van der Waals surface area contributed by atoms with Crippen LogP contribution in [0.3, 0.4) is 0 Å². The van der Waals surface area contributed by atoms with E-state index >= 15 is 0 Å². The van der Waals surface area contributed by atoms with Gasteiger partial charge in [0.15, 0.2) is 9.84 Å².